The Morgan fingerprint density at radius 2 is 2.26 bits per heavy atom. The quantitative estimate of drug-likeness (QED) is 0.488. The number of nitrogens with zero attached hydrogens (tertiary/aromatic N) is 2. The van der Waals surface area contributed by atoms with Crippen molar-refractivity contribution in [1.82, 2.24) is 5.43 Å². The van der Waals surface area contributed by atoms with Gasteiger partial charge in [-0.25, -0.2) is 13.8 Å². The van der Waals surface area contributed by atoms with Gasteiger partial charge in [0.15, 0.2) is 9.84 Å². The van der Waals surface area contributed by atoms with E-state index in [0.29, 0.717) is 24.0 Å². The van der Waals surface area contributed by atoms with Crippen molar-refractivity contribution in [3.63, 3.8) is 0 Å². The normalized spacial score (nSPS) is 19.8. The van der Waals surface area contributed by atoms with Crippen molar-refractivity contribution in [3.8, 4) is 0 Å². The zero-order chi connectivity index (χ0) is 17.0. The largest absolute Gasteiger partial charge is 0.273 e. The number of rotatable bonds is 5. The number of benzene rings is 1. The Balaban J connectivity index is 2.02. The Labute approximate surface area is 133 Å². The Kier molecular flexibility index (Phi) is 5.09. The number of carbonyl (C=O) groups excluding carboxylic acids is 1. The third kappa shape index (κ3) is 4.35. The van der Waals surface area contributed by atoms with E-state index in [1.165, 1.54) is 12.3 Å². The molecule has 0 spiro atoms. The second-order valence-corrected chi connectivity index (χ2v) is 7.56. The summed E-state index contributed by atoms with van der Waals surface area (Å²) in [5, 5.41) is 14.7. The fourth-order valence-corrected chi connectivity index (χ4v) is 4.14. The molecule has 0 unspecified atom stereocenters. The molecule has 23 heavy (non-hydrogen) atoms. The van der Waals surface area contributed by atoms with Gasteiger partial charge in [0.05, 0.1) is 28.6 Å². The van der Waals surface area contributed by atoms with Crippen molar-refractivity contribution in [2.24, 2.45) is 11.0 Å². The maximum absolute atomic E-state index is 11.8. The zero-order valence-electron chi connectivity index (χ0n) is 12.6. The third-order valence-electron chi connectivity index (χ3n) is 3.68. The van der Waals surface area contributed by atoms with Crippen molar-refractivity contribution in [1.29, 1.82) is 0 Å². The van der Waals surface area contributed by atoms with Crippen molar-refractivity contribution < 1.29 is 18.1 Å². The van der Waals surface area contributed by atoms with Crippen LogP contribution in [-0.2, 0) is 21.1 Å². The molecule has 0 aromatic heterocycles. The average molecular weight is 339 g/mol. The molecule has 1 atom stereocenters. The van der Waals surface area contributed by atoms with Gasteiger partial charge in [0.2, 0.25) is 5.91 Å². The first-order valence-electron chi connectivity index (χ1n) is 7.13. The molecular formula is C14H17N3O5S. The summed E-state index contributed by atoms with van der Waals surface area (Å²) in [6, 6.07) is 4.70. The zero-order valence-corrected chi connectivity index (χ0v) is 13.4. The molecule has 1 fully saturated rings. The van der Waals surface area contributed by atoms with Crippen molar-refractivity contribution in [2.75, 3.05) is 11.5 Å². The van der Waals surface area contributed by atoms with Crippen LogP contribution in [0.25, 0.3) is 0 Å². The van der Waals surface area contributed by atoms with Gasteiger partial charge in [0.25, 0.3) is 5.69 Å². The van der Waals surface area contributed by atoms with Crippen LogP contribution >= 0.6 is 0 Å². The first-order chi connectivity index (χ1) is 10.8. The molecule has 2 rings (SSSR count). The molecule has 1 aliphatic heterocycles. The van der Waals surface area contributed by atoms with Gasteiger partial charge >= 0.3 is 0 Å². The molecule has 1 saturated heterocycles. The number of sulfone groups is 1. The highest BCUT2D eigenvalue weighted by Gasteiger charge is 2.32. The summed E-state index contributed by atoms with van der Waals surface area (Å²) in [5.41, 5.74) is 3.39. The van der Waals surface area contributed by atoms with Gasteiger partial charge in [-0.05, 0) is 12.8 Å². The molecule has 1 amide bonds. The summed E-state index contributed by atoms with van der Waals surface area (Å²) in [4.78, 5) is 22.3. The van der Waals surface area contributed by atoms with Gasteiger partial charge in [0, 0.05) is 17.2 Å². The van der Waals surface area contributed by atoms with Gasteiger partial charge in [-0.2, -0.15) is 5.10 Å². The average Bonchev–Trinajstić information content (AvgIpc) is 2.87. The molecule has 0 bridgehead atoms. The monoisotopic (exact) mass is 339 g/mol. The van der Waals surface area contributed by atoms with E-state index in [4.69, 9.17) is 0 Å². The Morgan fingerprint density at radius 3 is 2.83 bits per heavy atom. The second-order valence-electron chi connectivity index (χ2n) is 5.33. The van der Waals surface area contributed by atoms with Crippen LogP contribution in [0.3, 0.4) is 0 Å². The van der Waals surface area contributed by atoms with E-state index in [2.05, 4.69) is 10.5 Å². The molecule has 124 valence electrons. The summed E-state index contributed by atoms with van der Waals surface area (Å²) >= 11 is 0. The Morgan fingerprint density at radius 1 is 1.52 bits per heavy atom. The molecule has 0 aliphatic carbocycles. The predicted octanol–water partition coefficient (Wildman–Crippen LogP) is 1.04. The molecule has 1 aliphatic rings. The molecule has 1 heterocycles. The molecule has 1 N–H and O–H groups in total. The molecule has 0 saturated carbocycles. The topological polar surface area (TPSA) is 119 Å². The summed E-state index contributed by atoms with van der Waals surface area (Å²) in [6.07, 6.45) is 2.13. The van der Waals surface area contributed by atoms with E-state index in [0.717, 1.165) is 0 Å². The number of hydrazone groups is 1. The summed E-state index contributed by atoms with van der Waals surface area (Å²) in [6.45, 7) is 1.83. The van der Waals surface area contributed by atoms with Crippen molar-refractivity contribution in [3.05, 3.63) is 39.4 Å². The Hall–Kier alpha value is -2.29. The van der Waals surface area contributed by atoms with Crippen LogP contribution in [0, 0.1) is 16.0 Å². The van der Waals surface area contributed by atoms with Gasteiger partial charge in [-0.15, -0.1) is 0 Å². The van der Waals surface area contributed by atoms with Crippen molar-refractivity contribution in [2.45, 2.75) is 19.8 Å². The number of amides is 1. The number of aryl methyl sites for hydroxylation is 1. The van der Waals surface area contributed by atoms with Crippen LogP contribution in [0.2, 0.25) is 0 Å². The number of nitro groups is 1. The lowest BCUT2D eigenvalue weighted by atomic mass is 10.1. The molecular weight excluding hydrogens is 322 g/mol. The van der Waals surface area contributed by atoms with E-state index in [1.54, 1.807) is 12.1 Å². The lowest BCUT2D eigenvalue weighted by Gasteiger charge is -2.05. The Bertz CT molecular complexity index is 758. The maximum atomic E-state index is 11.8. The minimum Gasteiger partial charge on any atom is -0.273 e. The van der Waals surface area contributed by atoms with E-state index in [9.17, 15) is 23.3 Å². The highest BCUT2D eigenvalue weighted by molar-refractivity contribution is 7.91. The second kappa shape index (κ2) is 6.86. The number of nitrogens with one attached hydrogen (secondary N) is 1. The maximum Gasteiger partial charge on any atom is 0.273 e. The van der Waals surface area contributed by atoms with Crippen LogP contribution < -0.4 is 5.43 Å². The SMILES string of the molecule is CCc1ccc(/C=N\NC(=O)[C@@H]2CCS(=O)(=O)C2)cc1[N+](=O)[O-]. The standard InChI is InChI=1S/C14H17N3O5S/c1-2-11-4-3-10(7-13(11)17(19)20)8-15-16-14(18)12-5-6-23(21,22)9-12/h3-4,7-8,12H,2,5-6,9H2,1H3,(H,16,18)/b15-8-/t12-/m1/s1. The first kappa shape index (κ1) is 17.1. The highest BCUT2D eigenvalue weighted by atomic mass is 32.2. The van der Waals surface area contributed by atoms with Gasteiger partial charge in [0.1, 0.15) is 0 Å². The lowest BCUT2D eigenvalue weighted by Crippen LogP contribution is -2.27. The highest BCUT2D eigenvalue weighted by Crippen LogP contribution is 2.20. The third-order valence-corrected chi connectivity index (χ3v) is 5.45. The van der Waals surface area contributed by atoms with E-state index >= 15 is 0 Å². The minimum absolute atomic E-state index is 0.00432. The van der Waals surface area contributed by atoms with Crippen LogP contribution in [0.5, 0.6) is 0 Å². The van der Waals surface area contributed by atoms with Gasteiger partial charge in [-0.3, -0.25) is 14.9 Å². The summed E-state index contributed by atoms with van der Waals surface area (Å²) < 4.78 is 22.6. The van der Waals surface area contributed by atoms with Gasteiger partial charge < -0.3 is 0 Å². The molecule has 0 radical (unpaired) electrons. The number of hydrogen-bond acceptors (Lipinski definition) is 6. The van der Waals surface area contributed by atoms with Crippen LogP contribution in [0.15, 0.2) is 23.3 Å². The van der Waals surface area contributed by atoms with Crippen LogP contribution in [-0.4, -0.2) is 37.0 Å². The van der Waals surface area contributed by atoms with E-state index in [-0.39, 0.29) is 17.2 Å². The fourth-order valence-electron chi connectivity index (χ4n) is 2.39. The fraction of sp³-hybridized carbons (Fsp3) is 0.429. The summed E-state index contributed by atoms with van der Waals surface area (Å²) in [7, 11) is -3.13. The van der Waals surface area contributed by atoms with Crippen molar-refractivity contribution >= 4 is 27.6 Å². The lowest BCUT2D eigenvalue weighted by molar-refractivity contribution is -0.385. The van der Waals surface area contributed by atoms with E-state index < -0.39 is 26.6 Å². The molecule has 1 aromatic rings. The molecule has 9 heteroatoms. The van der Waals surface area contributed by atoms with Gasteiger partial charge in [-0.1, -0.05) is 19.1 Å². The number of carbonyl (C=O) groups is 1. The van der Waals surface area contributed by atoms with Crippen LogP contribution in [0.4, 0.5) is 5.69 Å². The minimum atomic E-state index is -3.13. The van der Waals surface area contributed by atoms with E-state index in [1.807, 2.05) is 6.92 Å². The first-order valence-corrected chi connectivity index (χ1v) is 8.95. The molecule has 8 nitrogen and oxygen atoms in total. The predicted molar refractivity (Wildman–Crippen MR) is 85.0 cm³/mol. The smallest absolute Gasteiger partial charge is 0.273 e. The van der Waals surface area contributed by atoms with Crippen LogP contribution in [0.1, 0.15) is 24.5 Å². The summed E-state index contributed by atoms with van der Waals surface area (Å²) in [5.74, 6) is -1.19. The number of nitro benzene ring substituents is 1. The molecule has 1 aromatic carbocycles. The number of hydrogen-bond donors (Lipinski definition) is 1.